The Labute approximate surface area is 174 Å². The number of aromatic nitrogens is 2. The largest absolute Gasteiger partial charge is 0.353 e. The van der Waals surface area contributed by atoms with Crippen molar-refractivity contribution in [3.63, 3.8) is 0 Å². The van der Waals surface area contributed by atoms with E-state index in [0.717, 1.165) is 37.2 Å². The number of halogens is 1. The van der Waals surface area contributed by atoms with Crippen molar-refractivity contribution in [1.29, 1.82) is 0 Å². The summed E-state index contributed by atoms with van der Waals surface area (Å²) in [6.07, 6.45) is 2.68. The number of hydrogen-bond donors (Lipinski definition) is 1. The van der Waals surface area contributed by atoms with E-state index in [-0.39, 0.29) is 23.2 Å². The van der Waals surface area contributed by atoms with Gasteiger partial charge in [0.25, 0.3) is 0 Å². The van der Waals surface area contributed by atoms with Gasteiger partial charge in [-0.3, -0.25) is 4.79 Å². The van der Waals surface area contributed by atoms with E-state index in [1.807, 2.05) is 36.4 Å². The van der Waals surface area contributed by atoms with Gasteiger partial charge in [-0.15, -0.1) is 10.2 Å². The third kappa shape index (κ3) is 3.43. The zero-order chi connectivity index (χ0) is 20.6. The summed E-state index contributed by atoms with van der Waals surface area (Å²) in [6.45, 7) is 1.50. The van der Waals surface area contributed by atoms with Gasteiger partial charge in [0.15, 0.2) is 5.82 Å². The molecule has 1 aliphatic heterocycles. The lowest BCUT2D eigenvalue weighted by Gasteiger charge is -2.21. The maximum absolute atomic E-state index is 14.0. The van der Waals surface area contributed by atoms with Crippen molar-refractivity contribution in [2.45, 2.75) is 30.7 Å². The Morgan fingerprint density at radius 1 is 1.00 bits per heavy atom. The van der Waals surface area contributed by atoms with Crippen molar-refractivity contribution in [2.24, 2.45) is 0 Å². The van der Waals surface area contributed by atoms with Crippen LogP contribution in [0.4, 0.5) is 10.2 Å². The Balaban J connectivity index is 1.23. The van der Waals surface area contributed by atoms with Crippen molar-refractivity contribution in [3.05, 3.63) is 78.1 Å². The van der Waals surface area contributed by atoms with Crippen LogP contribution in [0.3, 0.4) is 0 Å². The van der Waals surface area contributed by atoms with Crippen LogP contribution in [-0.2, 0) is 10.2 Å². The Morgan fingerprint density at radius 2 is 1.77 bits per heavy atom. The summed E-state index contributed by atoms with van der Waals surface area (Å²) < 4.78 is 14.0. The molecule has 2 heterocycles. The molecule has 30 heavy (non-hydrogen) atoms. The number of nitrogens with one attached hydrogen (secondary N) is 1. The maximum atomic E-state index is 14.0. The molecule has 3 aromatic rings. The lowest BCUT2D eigenvalue weighted by Crippen LogP contribution is -2.43. The van der Waals surface area contributed by atoms with Gasteiger partial charge in [0.1, 0.15) is 5.82 Å². The highest BCUT2D eigenvalue weighted by Crippen LogP contribution is 2.48. The summed E-state index contributed by atoms with van der Waals surface area (Å²) >= 11 is 0. The lowest BCUT2D eigenvalue weighted by atomic mass is 9.94. The number of amides is 1. The number of carbonyl (C=O) groups excluding carboxylic acids is 1. The number of anilines is 1. The third-order valence-corrected chi connectivity index (χ3v) is 6.16. The summed E-state index contributed by atoms with van der Waals surface area (Å²) in [5, 5.41) is 11.8. The molecule has 0 bridgehead atoms. The number of benzene rings is 2. The highest BCUT2D eigenvalue weighted by Gasteiger charge is 2.51. The van der Waals surface area contributed by atoms with E-state index < -0.39 is 0 Å². The molecule has 1 N–H and O–H groups in total. The Hall–Kier alpha value is -3.28. The number of hydrogen-bond acceptors (Lipinski definition) is 4. The summed E-state index contributed by atoms with van der Waals surface area (Å²) in [6, 6.07) is 20.3. The molecule has 2 fully saturated rings. The molecule has 5 rings (SSSR count). The minimum atomic E-state index is -0.351. The molecule has 1 aromatic heterocycles. The van der Waals surface area contributed by atoms with E-state index >= 15 is 0 Å². The Kier molecular flexibility index (Phi) is 4.69. The number of nitrogens with zero attached hydrogens (tertiary/aromatic N) is 3. The van der Waals surface area contributed by atoms with Gasteiger partial charge in [-0.2, -0.15) is 0 Å². The van der Waals surface area contributed by atoms with Gasteiger partial charge in [0.2, 0.25) is 5.91 Å². The standard InChI is InChI=1S/C24H23FN4O/c25-20-9-5-4-8-19(20)21-10-11-22(28-27-21)29-15-12-18(16-29)26-23(30)24(13-14-24)17-6-2-1-3-7-17/h1-11,18H,12-16H2,(H,26,30)/t18-/m0/s1. The van der Waals surface area contributed by atoms with Crippen LogP contribution in [0.2, 0.25) is 0 Å². The molecule has 1 saturated heterocycles. The molecule has 5 nitrogen and oxygen atoms in total. The summed E-state index contributed by atoms with van der Waals surface area (Å²) in [5.41, 5.74) is 1.71. The lowest BCUT2D eigenvalue weighted by molar-refractivity contribution is -0.124. The van der Waals surface area contributed by atoms with Gasteiger partial charge in [-0.05, 0) is 49.1 Å². The first kappa shape index (κ1) is 18.7. The van der Waals surface area contributed by atoms with Crippen molar-refractivity contribution in [3.8, 4) is 11.3 Å². The van der Waals surface area contributed by atoms with Crippen LogP contribution < -0.4 is 10.2 Å². The van der Waals surface area contributed by atoms with Gasteiger partial charge >= 0.3 is 0 Å². The van der Waals surface area contributed by atoms with Crippen LogP contribution in [0.1, 0.15) is 24.8 Å². The van der Waals surface area contributed by atoms with E-state index in [1.165, 1.54) is 6.07 Å². The van der Waals surface area contributed by atoms with Gasteiger partial charge in [0, 0.05) is 24.7 Å². The molecule has 1 saturated carbocycles. The zero-order valence-electron chi connectivity index (χ0n) is 16.6. The fourth-order valence-electron chi connectivity index (χ4n) is 4.25. The molecule has 1 atom stereocenters. The first-order chi connectivity index (χ1) is 14.7. The second kappa shape index (κ2) is 7.52. The van der Waals surface area contributed by atoms with Gasteiger partial charge in [0.05, 0.1) is 11.1 Å². The second-order valence-corrected chi connectivity index (χ2v) is 8.11. The zero-order valence-corrected chi connectivity index (χ0v) is 16.6. The first-order valence-electron chi connectivity index (χ1n) is 10.4. The molecule has 2 aliphatic rings. The molecule has 0 spiro atoms. The highest BCUT2D eigenvalue weighted by molar-refractivity contribution is 5.91. The van der Waals surface area contributed by atoms with Crippen molar-refractivity contribution >= 4 is 11.7 Å². The van der Waals surface area contributed by atoms with Crippen LogP contribution in [0, 0.1) is 5.82 Å². The number of carbonyl (C=O) groups is 1. The topological polar surface area (TPSA) is 58.1 Å². The van der Waals surface area contributed by atoms with Crippen molar-refractivity contribution in [1.82, 2.24) is 15.5 Å². The second-order valence-electron chi connectivity index (χ2n) is 8.11. The minimum Gasteiger partial charge on any atom is -0.353 e. The molecule has 152 valence electrons. The normalized spacial score (nSPS) is 19.5. The fourth-order valence-corrected chi connectivity index (χ4v) is 4.25. The maximum Gasteiger partial charge on any atom is 0.230 e. The van der Waals surface area contributed by atoms with Crippen molar-refractivity contribution in [2.75, 3.05) is 18.0 Å². The Bertz CT molecular complexity index is 1050. The van der Waals surface area contributed by atoms with Crippen LogP contribution in [-0.4, -0.2) is 35.2 Å². The average molecular weight is 402 g/mol. The smallest absolute Gasteiger partial charge is 0.230 e. The molecule has 6 heteroatoms. The van der Waals surface area contributed by atoms with E-state index in [1.54, 1.807) is 24.3 Å². The van der Waals surface area contributed by atoms with Gasteiger partial charge < -0.3 is 10.2 Å². The predicted molar refractivity (Wildman–Crippen MR) is 114 cm³/mol. The quantitative estimate of drug-likeness (QED) is 0.707. The fraction of sp³-hybridized carbons (Fsp3) is 0.292. The summed E-state index contributed by atoms with van der Waals surface area (Å²) in [4.78, 5) is 15.1. The molecule has 2 aromatic carbocycles. The number of rotatable bonds is 5. The average Bonchev–Trinajstić information content (AvgIpc) is 3.48. The van der Waals surface area contributed by atoms with E-state index in [0.29, 0.717) is 17.8 Å². The highest BCUT2D eigenvalue weighted by atomic mass is 19.1. The molecule has 1 amide bonds. The van der Waals surface area contributed by atoms with Gasteiger partial charge in [-0.1, -0.05) is 42.5 Å². The first-order valence-corrected chi connectivity index (χ1v) is 10.4. The molecule has 0 unspecified atom stereocenters. The van der Waals surface area contributed by atoms with Crippen LogP contribution in [0.25, 0.3) is 11.3 Å². The summed E-state index contributed by atoms with van der Waals surface area (Å²) in [7, 11) is 0. The van der Waals surface area contributed by atoms with E-state index in [2.05, 4.69) is 20.4 Å². The summed E-state index contributed by atoms with van der Waals surface area (Å²) in [5.74, 6) is 0.563. The van der Waals surface area contributed by atoms with Crippen LogP contribution in [0.15, 0.2) is 66.7 Å². The van der Waals surface area contributed by atoms with Crippen LogP contribution >= 0.6 is 0 Å². The molecular formula is C24H23FN4O. The van der Waals surface area contributed by atoms with Gasteiger partial charge in [-0.25, -0.2) is 4.39 Å². The Morgan fingerprint density at radius 3 is 2.47 bits per heavy atom. The van der Waals surface area contributed by atoms with E-state index in [9.17, 15) is 9.18 Å². The predicted octanol–water partition coefficient (Wildman–Crippen LogP) is 3.71. The SMILES string of the molecule is O=C(N[C@H]1CCN(c2ccc(-c3ccccc3F)nn2)C1)C1(c2ccccc2)CC1. The van der Waals surface area contributed by atoms with Crippen LogP contribution in [0.5, 0.6) is 0 Å². The molecule has 1 aliphatic carbocycles. The van der Waals surface area contributed by atoms with Crippen molar-refractivity contribution < 1.29 is 9.18 Å². The van der Waals surface area contributed by atoms with E-state index in [4.69, 9.17) is 0 Å². The molecule has 0 radical (unpaired) electrons. The third-order valence-electron chi connectivity index (χ3n) is 6.16. The minimum absolute atomic E-state index is 0.0896. The molecular weight excluding hydrogens is 379 g/mol. The monoisotopic (exact) mass is 402 g/mol.